The third kappa shape index (κ3) is 3.45. The fourth-order valence-corrected chi connectivity index (χ4v) is 7.15. The van der Waals surface area contributed by atoms with Gasteiger partial charge in [-0.05, 0) is 75.5 Å². The van der Waals surface area contributed by atoms with E-state index in [1.165, 1.54) is 102 Å². The molecular weight excluding hydrogens is 306 g/mol. The van der Waals surface area contributed by atoms with Gasteiger partial charge in [-0.25, -0.2) is 4.99 Å². The van der Waals surface area contributed by atoms with Crippen molar-refractivity contribution in [3.63, 3.8) is 0 Å². The zero-order valence-corrected chi connectivity index (χ0v) is 15.9. The average molecular weight is 344 g/mol. The van der Waals surface area contributed by atoms with Gasteiger partial charge in [0.05, 0.1) is 6.04 Å². The summed E-state index contributed by atoms with van der Waals surface area (Å²) in [6, 6.07) is 1.23. The first kappa shape index (κ1) is 16.4. The van der Waals surface area contributed by atoms with Gasteiger partial charge in [-0.1, -0.05) is 38.5 Å². The topological polar surface area (TPSA) is 36.4 Å². The van der Waals surface area contributed by atoms with Crippen LogP contribution in [0.1, 0.15) is 96.3 Å². The van der Waals surface area contributed by atoms with Gasteiger partial charge < -0.3 is 10.6 Å². The highest BCUT2D eigenvalue weighted by Crippen LogP contribution is 2.59. The van der Waals surface area contributed by atoms with Gasteiger partial charge in [0.1, 0.15) is 0 Å². The van der Waals surface area contributed by atoms with Crippen LogP contribution in [0, 0.1) is 17.8 Å². The average Bonchev–Trinajstić information content (AvgIpc) is 3.03. The molecule has 6 saturated carbocycles. The molecule has 3 heteroatoms. The summed E-state index contributed by atoms with van der Waals surface area (Å²) in [4.78, 5) is 5.27. The largest absolute Gasteiger partial charge is 0.354 e. The number of guanidine groups is 1. The van der Waals surface area contributed by atoms with Crippen LogP contribution in [0.3, 0.4) is 0 Å². The SMILES string of the molecule is C1CCC(N=C(NC2CCCCC2)NC23CC4C[C@@H](C2)[C@@H](C4)C3)CC1. The van der Waals surface area contributed by atoms with Crippen molar-refractivity contribution in [2.24, 2.45) is 22.7 Å². The molecule has 0 radical (unpaired) electrons. The van der Waals surface area contributed by atoms with E-state index >= 15 is 0 Å². The molecule has 0 saturated heterocycles. The van der Waals surface area contributed by atoms with Gasteiger partial charge in [0, 0.05) is 11.6 Å². The Hall–Kier alpha value is -0.730. The van der Waals surface area contributed by atoms with Crippen LogP contribution in [-0.2, 0) is 0 Å². The Morgan fingerprint density at radius 3 is 2.04 bits per heavy atom. The van der Waals surface area contributed by atoms with Crippen LogP contribution in [0.25, 0.3) is 0 Å². The van der Waals surface area contributed by atoms with Crippen molar-refractivity contribution < 1.29 is 0 Å². The highest BCUT2D eigenvalue weighted by Gasteiger charge is 2.56. The van der Waals surface area contributed by atoms with E-state index in [0.717, 1.165) is 17.8 Å². The van der Waals surface area contributed by atoms with Crippen LogP contribution in [-0.4, -0.2) is 23.6 Å². The molecule has 0 aromatic carbocycles. The van der Waals surface area contributed by atoms with Gasteiger partial charge in [-0.2, -0.15) is 0 Å². The molecule has 3 nitrogen and oxygen atoms in total. The second-order valence-electron chi connectivity index (χ2n) is 10.1. The zero-order chi connectivity index (χ0) is 16.7. The minimum Gasteiger partial charge on any atom is -0.354 e. The number of hydrogen-bond acceptors (Lipinski definition) is 1. The van der Waals surface area contributed by atoms with Gasteiger partial charge in [0.2, 0.25) is 0 Å². The van der Waals surface area contributed by atoms with Crippen molar-refractivity contribution >= 4 is 5.96 Å². The molecule has 0 aromatic heterocycles. The summed E-state index contributed by atoms with van der Waals surface area (Å²) in [5.74, 6) is 4.25. The molecule has 6 fully saturated rings. The Kier molecular flexibility index (Phi) is 4.46. The van der Waals surface area contributed by atoms with E-state index in [0.29, 0.717) is 17.6 Å². The minimum atomic E-state index is 0.395. The first-order valence-corrected chi connectivity index (χ1v) is 11.4. The number of rotatable bonds is 3. The number of aliphatic imine (C=N–C) groups is 1. The summed E-state index contributed by atoms with van der Waals surface area (Å²) >= 11 is 0. The van der Waals surface area contributed by atoms with Crippen LogP contribution in [0.15, 0.2) is 4.99 Å². The second kappa shape index (κ2) is 6.78. The predicted octanol–water partition coefficient (Wildman–Crippen LogP) is 4.77. The minimum absolute atomic E-state index is 0.395. The molecule has 2 atom stereocenters. The first-order chi connectivity index (χ1) is 12.3. The van der Waals surface area contributed by atoms with E-state index in [-0.39, 0.29) is 0 Å². The van der Waals surface area contributed by atoms with Gasteiger partial charge >= 0.3 is 0 Å². The highest BCUT2D eigenvalue weighted by molar-refractivity contribution is 5.81. The lowest BCUT2D eigenvalue weighted by Crippen LogP contribution is -2.56. The third-order valence-corrected chi connectivity index (χ3v) is 8.14. The molecule has 25 heavy (non-hydrogen) atoms. The van der Waals surface area contributed by atoms with Crippen LogP contribution in [0.2, 0.25) is 0 Å². The Morgan fingerprint density at radius 2 is 1.40 bits per heavy atom. The van der Waals surface area contributed by atoms with Gasteiger partial charge in [0.25, 0.3) is 0 Å². The van der Waals surface area contributed by atoms with Gasteiger partial charge in [0.15, 0.2) is 5.96 Å². The quantitative estimate of drug-likeness (QED) is 0.572. The van der Waals surface area contributed by atoms with Crippen LogP contribution in [0.5, 0.6) is 0 Å². The van der Waals surface area contributed by atoms with E-state index < -0.39 is 0 Å². The van der Waals surface area contributed by atoms with E-state index in [9.17, 15) is 0 Å². The van der Waals surface area contributed by atoms with Crippen molar-refractivity contribution in [2.75, 3.05) is 0 Å². The number of hydrogen-bond donors (Lipinski definition) is 2. The summed E-state index contributed by atoms with van der Waals surface area (Å²) in [7, 11) is 0. The normalized spacial score (nSPS) is 42.1. The van der Waals surface area contributed by atoms with E-state index in [1.54, 1.807) is 0 Å². The molecule has 0 spiro atoms. The predicted molar refractivity (Wildman–Crippen MR) is 104 cm³/mol. The van der Waals surface area contributed by atoms with Crippen molar-refractivity contribution in [3.05, 3.63) is 0 Å². The summed E-state index contributed by atoms with van der Waals surface area (Å²) < 4.78 is 0. The Morgan fingerprint density at radius 1 is 0.760 bits per heavy atom. The standard InChI is InChI=1S/C22H37N3/c1-3-7-19(8-4-1)23-21(24-20-9-5-2-6-10-20)25-22-13-16-11-17(14-22)18(12-16)15-22/h16-20H,1-15H2,(H2,23,24,25)/t16?,17-,18-,22?/m0/s1. The van der Waals surface area contributed by atoms with E-state index in [4.69, 9.17) is 4.99 Å². The maximum atomic E-state index is 5.27. The summed E-state index contributed by atoms with van der Waals surface area (Å²) in [5.41, 5.74) is 0.395. The molecule has 140 valence electrons. The third-order valence-electron chi connectivity index (χ3n) is 8.14. The van der Waals surface area contributed by atoms with Crippen LogP contribution < -0.4 is 10.6 Å². The maximum Gasteiger partial charge on any atom is 0.192 e. The molecule has 2 N–H and O–H groups in total. The molecule has 0 aromatic rings. The van der Waals surface area contributed by atoms with Crippen LogP contribution in [0.4, 0.5) is 0 Å². The second-order valence-corrected chi connectivity index (χ2v) is 10.1. The summed E-state index contributed by atoms with van der Waals surface area (Å²) in [5, 5.41) is 7.95. The molecule has 0 unspecified atom stereocenters. The Labute approximate surface area is 153 Å². The molecule has 0 aliphatic heterocycles. The van der Waals surface area contributed by atoms with Crippen molar-refractivity contribution in [1.29, 1.82) is 0 Å². The van der Waals surface area contributed by atoms with Crippen molar-refractivity contribution in [2.45, 2.75) is 114 Å². The zero-order valence-electron chi connectivity index (χ0n) is 15.9. The fraction of sp³-hybridized carbons (Fsp3) is 0.955. The first-order valence-electron chi connectivity index (χ1n) is 11.4. The monoisotopic (exact) mass is 343 g/mol. The summed E-state index contributed by atoms with van der Waals surface area (Å²) in [6.07, 6.45) is 21.0. The van der Waals surface area contributed by atoms with E-state index in [1.807, 2.05) is 0 Å². The summed E-state index contributed by atoms with van der Waals surface area (Å²) in [6.45, 7) is 0. The lowest BCUT2D eigenvalue weighted by atomic mass is 9.76. The van der Waals surface area contributed by atoms with E-state index in [2.05, 4.69) is 10.6 Å². The molecule has 6 rings (SSSR count). The maximum absolute atomic E-state index is 5.27. The highest BCUT2D eigenvalue weighted by atomic mass is 15.2. The van der Waals surface area contributed by atoms with Crippen LogP contribution >= 0.6 is 0 Å². The molecule has 4 bridgehead atoms. The molecule has 6 aliphatic carbocycles. The van der Waals surface area contributed by atoms with Gasteiger partial charge in [-0.15, -0.1) is 0 Å². The number of nitrogens with zero attached hydrogens (tertiary/aromatic N) is 1. The number of nitrogens with one attached hydrogen (secondary N) is 2. The van der Waals surface area contributed by atoms with Gasteiger partial charge in [-0.3, -0.25) is 0 Å². The van der Waals surface area contributed by atoms with Crippen molar-refractivity contribution in [1.82, 2.24) is 10.6 Å². The lowest BCUT2D eigenvalue weighted by molar-refractivity contribution is 0.207. The van der Waals surface area contributed by atoms with Crippen molar-refractivity contribution in [3.8, 4) is 0 Å². The molecule has 0 amide bonds. The lowest BCUT2D eigenvalue weighted by Gasteiger charge is -2.41. The molecule has 0 heterocycles. The molecular formula is C22H37N3. The fourth-order valence-electron chi connectivity index (χ4n) is 7.15. The Balaban J connectivity index is 1.31. The smallest absolute Gasteiger partial charge is 0.192 e. The Bertz CT molecular complexity index is 482. The molecule has 6 aliphatic rings.